The number of halogens is 6. The third-order valence-electron chi connectivity index (χ3n) is 4.43. The van der Waals surface area contributed by atoms with Crippen LogP contribution in [0.1, 0.15) is 24.5 Å². The number of aryl methyl sites for hydroxylation is 2. The van der Waals surface area contributed by atoms with Gasteiger partial charge in [-0.1, -0.05) is 30.3 Å². The molecule has 0 spiro atoms. The Morgan fingerprint density at radius 1 is 0.968 bits per heavy atom. The lowest BCUT2D eigenvalue weighted by Crippen LogP contribution is -2.47. The first-order valence-electron chi connectivity index (χ1n) is 9.42. The van der Waals surface area contributed by atoms with E-state index in [0.717, 1.165) is 7.05 Å². The molecule has 0 amide bonds. The summed E-state index contributed by atoms with van der Waals surface area (Å²) in [6, 6.07) is 11.9. The maximum absolute atomic E-state index is 13.2. The van der Waals surface area contributed by atoms with Gasteiger partial charge in [0.15, 0.2) is 6.23 Å². The summed E-state index contributed by atoms with van der Waals surface area (Å²) in [6.45, 7) is 1.36. The van der Waals surface area contributed by atoms with Gasteiger partial charge in [0.05, 0.1) is 6.10 Å². The average molecular weight is 451 g/mol. The van der Waals surface area contributed by atoms with Crippen molar-refractivity contribution in [3.8, 4) is 11.5 Å². The van der Waals surface area contributed by atoms with Gasteiger partial charge in [-0.25, -0.2) is 0 Å². The molecule has 0 aliphatic rings. The van der Waals surface area contributed by atoms with E-state index in [2.05, 4.69) is 4.74 Å². The average Bonchev–Trinajstić information content (AvgIpc) is 2.64. The summed E-state index contributed by atoms with van der Waals surface area (Å²) in [5.41, 5.74) is 1.14. The number of para-hydroxylation sites is 1. The van der Waals surface area contributed by atoms with E-state index in [1.54, 1.807) is 24.3 Å². The van der Waals surface area contributed by atoms with Crippen molar-refractivity contribution < 1.29 is 40.9 Å². The fourth-order valence-corrected chi connectivity index (χ4v) is 2.89. The fraction of sp³-hybridized carbons (Fsp3) is 0.429. The summed E-state index contributed by atoms with van der Waals surface area (Å²) in [7, 11) is 0.835. The van der Waals surface area contributed by atoms with Gasteiger partial charge in [0.1, 0.15) is 11.5 Å². The first-order chi connectivity index (χ1) is 14.3. The molecule has 0 aliphatic heterocycles. The zero-order chi connectivity index (χ0) is 23.2. The van der Waals surface area contributed by atoms with Crippen LogP contribution < -0.4 is 9.47 Å². The molecular formula is C21H23F6NO3. The SMILES string of the molecule is CC(O)CC(Oc1ccccc1CCc1cccc(OC(F)(F)F)c1)N(C)C(F)(F)F. The van der Waals surface area contributed by atoms with Crippen LogP contribution in [-0.4, -0.2) is 42.0 Å². The Bertz CT molecular complexity index is 838. The number of benzene rings is 2. The highest BCUT2D eigenvalue weighted by Crippen LogP contribution is 2.29. The van der Waals surface area contributed by atoms with Crippen molar-refractivity contribution in [2.24, 2.45) is 0 Å². The number of alkyl halides is 6. The standard InChI is InChI=1S/C21H23F6NO3/c1-14(29)12-19(28(2)20(22,23)24)30-18-9-4-3-7-16(18)11-10-15-6-5-8-17(13-15)31-21(25,26)27/h3-9,13-14,19,29H,10-12H2,1-2H3. The predicted molar refractivity (Wildman–Crippen MR) is 102 cm³/mol. The predicted octanol–water partition coefficient (Wildman–Crippen LogP) is 5.30. The lowest BCUT2D eigenvalue weighted by molar-refractivity contribution is -0.275. The third kappa shape index (κ3) is 8.29. The highest BCUT2D eigenvalue weighted by molar-refractivity contribution is 5.35. The molecule has 1 N–H and O–H groups in total. The molecule has 2 rings (SSSR count). The zero-order valence-electron chi connectivity index (χ0n) is 16.9. The summed E-state index contributed by atoms with van der Waals surface area (Å²) in [5.74, 6) is -0.148. The van der Waals surface area contributed by atoms with Crippen LogP contribution in [0.5, 0.6) is 11.5 Å². The molecular weight excluding hydrogens is 428 g/mol. The second kappa shape index (κ2) is 10.2. The summed E-state index contributed by atoms with van der Waals surface area (Å²) in [6.07, 6.45) is -11.6. The second-order valence-corrected chi connectivity index (χ2v) is 7.04. The summed E-state index contributed by atoms with van der Waals surface area (Å²) in [5, 5.41) is 9.58. The molecule has 0 bridgehead atoms. The van der Waals surface area contributed by atoms with Crippen LogP contribution in [0.15, 0.2) is 48.5 Å². The van der Waals surface area contributed by atoms with Crippen LogP contribution in [0, 0.1) is 0 Å². The molecule has 4 nitrogen and oxygen atoms in total. The Morgan fingerprint density at radius 2 is 1.65 bits per heavy atom. The number of hydrogen-bond acceptors (Lipinski definition) is 4. The number of aliphatic hydroxyl groups is 1. The maximum atomic E-state index is 13.2. The van der Waals surface area contributed by atoms with Crippen molar-refractivity contribution in [1.82, 2.24) is 4.90 Å². The number of aliphatic hydroxyl groups excluding tert-OH is 1. The van der Waals surface area contributed by atoms with Crippen molar-refractivity contribution in [2.45, 2.75) is 51.2 Å². The van der Waals surface area contributed by atoms with Gasteiger partial charge in [-0.2, -0.15) is 18.1 Å². The molecule has 0 saturated carbocycles. The Morgan fingerprint density at radius 3 is 2.26 bits per heavy atom. The van der Waals surface area contributed by atoms with Gasteiger partial charge in [-0.3, -0.25) is 0 Å². The molecule has 2 unspecified atom stereocenters. The molecule has 0 fully saturated rings. The largest absolute Gasteiger partial charge is 0.573 e. The fourth-order valence-electron chi connectivity index (χ4n) is 2.89. The van der Waals surface area contributed by atoms with Crippen molar-refractivity contribution in [3.63, 3.8) is 0 Å². The van der Waals surface area contributed by atoms with E-state index in [1.807, 2.05) is 0 Å². The highest BCUT2D eigenvalue weighted by atomic mass is 19.4. The van der Waals surface area contributed by atoms with Crippen LogP contribution in [0.2, 0.25) is 0 Å². The molecule has 2 atom stereocenters. The van der Waals surface area contributed by atoms with Crippen LogP contribution in [0.4, 0.5) is 26.3 Å². The smallest absolute Gasteiger partial charge is 0.474 e. The van der Waals surface area contributed by atoms with E-state index in [4.69, 9.17) is 4.74 Å². The minimum atomic E-state index is -4.80. The molecule has 0 aliphatic carbocycles. The lowest BCUT2D eigenvalue weighted by Gasteiger charge is -2.31. The summed E-state index contributed by atoms with van der Waals surface area (Å²) >= 11 is 0. The Labute approximate surface area is 176 Å². The van der Waals surface area contributed by atoms with E-state index in [1.165, 1.54) is 31.2 Å². The van der Waals surface area contributed by atoms with Crippen LogP contribution in [-0.2, 0) is 12.8 Å². The normalized spacial score (nSPS) is 14.4. The molecule has 172 valence electrons. The van der Waals surface area contributed by atoms with Gasteiger partial charge in [-0.15, -0.1) is 13.2 Å². The molecule has 0 saturated heterocycles. The first-order valence-corrected chi connectivity index (χ1v) is 9.42. The van der Waals surface area contributed by atoms with Gasteiger partial charge < -0.3 is 14.6 Å². The molecule has 0 aromatic heterocycles. The van der Waals surface area contributed by atoms with Crippen molar-refractivity contribution in [2.75, 3.05) is 7.05 Å². The second-order valence-electron chi connectivity index (χ2n) is 7.04. The van der Waals surface area contributed by atoms with Crippen molar-refractivity contribution >= 4 is 0 Å². The third-order valence-corrected chi connectivity index (χ3v) is 4.43. The van der Waals surface area contributed by atoms with Gasteiger partial charge in [0.25, 0.3) is 0 Å². The highest BCUT2D eigenvalue weighted by Gasteiger charge is 2.40. The number of ether oxygens (including phenoxy) is 2. The van der Waals surface area contributed by atoms with Crippen LogP contribution in [0.25, 0.3) is 0 Å². The van der Waals surface area contributed by atoms with Gasteiger partial charge in [0.2, 0.25) is 0 Å². The van der Waals surface area contributed by atoms with Gasteiger partial charge >= 0.3 is 12.7 Å². The van der Waals surface area contributed by atoms with Crippen molar-refractivity contribution in [1.29, 1.82) is 0 Å². The molecule has 10 heteroatoms. The van der Waals surface area contributed by atoms with Crippen LogP contribution in [0.3, 0.4) is 0 Å². The minimum Gasteiger partial charge on any atom is -0.474 e. The maximum Gasteiger partial charge on any atom is 0.573 e. The van der Waals surface area contributed by atoms with Gasteiger partial charge in [-0.05, 0) is 56.1 Å². The molecule has 2 aromatic carbocycles. The lowest BCUT2D eigenvalue weighted by atomic mass is 10.0. The molecule has 2 aromatic rings. The quantitative estimate of drug-likeness (QED) is 0.319. The van der Waals surface area contributed by atoms with E-state index in [0.29, 0.717) is 24.0 Å². The Kier molecular flexibility index (Phi) is 8.19. The monoisotopic (exact) mass is 451 g/mol. The van der Waals surface area contributed by atoms with E-state index < -0.39 is 25.0 Å². The number of rotatable bonds is 9. The van der Waals surface area contributed by atoms with E-state index in [-0.39, 0.29) is 22.8 Å². The summed E-state index contributed by atoms with van der Waals surface area (Å²) in [4.78, 5) is 0.0778. The van der Waals surface area contributed by atoms with E-state index in [9.17, 15) is 31.4 Å². The van der Waals surface area contributed by atoms with Crippen molar-refractivity contribution in [3.05, 3.63) is 59.7 Å². The Balaban J connectivity index is 2.15. The zero-order valence-corrected chi connectivity index (χ0v) is 16.9. The molecule has 0 radical (unpaired) electrons. The molecule has 0 heterocycles. The number of nitrogens with zero attached hydrogens (tertiary/aromatic N) is 1. The topological polar surface area (TPSA) is 41.9 Å². The van der Waals surface area contributed by atoms with Crippen LogP contribution >= 0.6 is 0 Å². The first kappa shape index (κ1) is 24.8. The minimum absolute atomic E-state index is 0.0778. The molecule has 31 heavy (non-hydrogen) atoms. The Hall–Kier alpha value is -2.46. The number of hydrogen-bond donors (Lipinski definition) is 1. The summed E-state index contributed by atoms with van der Waals surface area (Å²) < 4.78 is 86.1. The van der Waals surface area contributed by atoms with E-state index >= 15 is 0 Å². The van der Waals surface area contributed by atoms with Gasteiger partial charge in [0, 0.05) is 6.42 Å².